The number of carbonyl (C=O) groups is 1. The Bertz CT molecular complexity index is 862. The van der Waals surface area contributed by atoms with Gasteiger partial charge in [0.15, 0.2) is 0 Å². The van der Waals surface area contributed by atoms with Gasteiger partial charge in [0.25, 0.3) is 5.22 Å². The van der Waals surface area contributed by atoms with Crippen LogP contribution in [-0.4, -0.2) is 21.4 Å². The summed E-state index contributed by atoms with van der Waals surface area (Å²) in [5.74, 6) is 0.388. The number of aromatic nitrogens is 2. The number of thioether (sulfide) groups is 1. The number of nitrogens with zero attached hydrogens (tertiary/aromatic N) is 2. The van der Waals surface area contributed by atoms with Crippen LogP contribution < -0.4 is 5.32 Å². The zero-order valence-corrected chi connectivity index (χ0v) is 15.8. The molecule has 26 heavy (non-hydrogen) atoms. The van der Waals surface area contributed by atoms with Crippen LogP contribution in [0.5, 0.6) is 0 Å². The highest BCUT2D eigenvalue weighted by molar-refractivity contribution is 8.00. The van der Waals surface area contributed by atoms with E-state index in [1.165, 1.54) is 17.3 Å². The molecule has 0 saturated carbocycles. The number of hydrogen-bond donors (Lipinski definition) is 1. The van der Waals surface area contributed by atoms with Crippen LogP contribution in [0.25, 0.3) is 11.5 Å². The first-order chi connectivity index (χ1) is 12.5. The van der Waals surface area contributed by atoms with Crippen LogP contribution in [0.1, 0.15) is 31.0 Å². The van der Waals surface area contributed by atoms with Crippen molar-refractivity contribution < 1.29 is 9.21 Å². The van der Waals surface area contributed by atoms with Gasteiger partial charge in [-0.2, -0.15) is 0 Å². The summed E-state index contributed by atoms with van der Waals surface area (Å²) in [6.45, 7) is 5.82. The molecule has 0 aliphatic rings. The van der Waals surface area contributed by atoms with Gasteiger partial charge in [-0.3, -0.25) is 4.79 Å². The largest absolute Gasteiger partial charge is 0.411 e. The van der Waals surface area contributed by atoms with Gasteiger partial charge in [-0.25, -0.2) is 0 Å². The first-order valence-electron chi connectivity index (χ1n) is 8.45. The summed E-state index contributed by atoms with van der Waals surface area (Å²) < 4.78 is 5.68. The van der Waals surface area contributed by atoms with E-state index in [1.54, 1.807) is 0 Å². The number of hydrogen-bond acceptors (Lipinski definition) is 5. The van der Waals surface area contributed by atoms with Crippen molar-refractivity contribution >= 4 is 17.7 Å². The van der Waals surface area contributed by atoms with E-state index in [2.05, 4.69) is 15.5 Å². The molecule has 2 unspecified atom stereocenters. The molecule has 0 spiro atoms. The normalized spacial score (nSPS) is 13.2. The summed E-state index contributed by atoms with van der Waals surface area (Å²) in [6, 6.07) is 17.7. The van der Waals surface area contributed by atoms with Gasteiger partial charge in [-0.05, 0) is 38.5 Å². The molecule has 134 valence electrons. The van der Waals surface area contributed by atoms with Gasteiger partial charge >= 0.3 is 0 Å². The smallest absolute Gasteiger partial charge is 0.277 e. The molecule has 3 rings (SSSR count). The lowest BCUT2D eigenvalue weighted by Gasteiger charge is -2.16. The molecule has 0 fully saturated rings. The number of carbonyl (C=O) groups excluding carboxylic acids is 1. The molecule has 0 saturated heterocycles. The molecule has 6 heteroatoms. The predicted octanol–water partition coefficient (Wildman–Crippen LogP) is 4.40. The fraction of sp³-hybridized carbons (Fsp3) is 0.250. The van der Waals surface area contributed by atoms with E-state index in [0.29, 0.717) is 11.1 Å². The van der Waals surface area contributed by atoms with Crippen molar-refractivity contribution in [3.63, 3.8) is 0 Å². The van der Waals surface area contributed by atoms with Crippen molar-refractivity contribution in [1.82, 2.24) is 15.5 Å². The summed E-state index contributed by atoms with van der Waals surface area (Å²) in [5, 5.41) is 11.2. The van der Waals surface area contributed by atoms with Gasteiger partial charge in [0.05, 0.1) is 11.3 Å². The van der Waals surface area contributed by atoms with Crippen LogP contribution in [0.2, 0.25) is 0 Å². The minimum absolute atomic E-state index is 0.0578. The molecular weight excluding hydrogens is 346 g/mol. The third-order valence-corrected chi connectivity index (χ3v) is 4.94. The monoisotopic (exact) mass is 367 g/mol. The Labute approximate surface area is 157 Å². The lowest BCUT2D eigenvalue weighted by molar-refractivity contribution is -0.120. The van der Waals surface area contributed by atoms with Gasteiger partial charge in [0.1, 0.15) is 0 Å². The molecule has 1 aromatic heterocycles. The number of amides is 1. The van der Waals surface area contributed by atoms with Crippen LogP contribution in [0.3, 0.4) is 0 Å². The molecule has 2 aromatic carbocycles. The van der Waals surface area contributed by atoms with E-state index in [9.17, 15) is 4.79 Å². The Balaban J connectivity index is 1.60. The standard InChI is InChI=1S/C20H21N3O2S/c1-13-9-11-17(12-10-13)19-22-23-20(25-19)26-15(3)18(24)21-14(2)16-7-5-4-6-8-16/h4-12,14-15H,1-3H3,(H,21,24). The predicted molar refractivity (Wildman–Crippen MR) is 103 cm³/mol. The molecule has 0 radical (unpaired) electrons. The zero-order valence-electron chi connectivity index (χ0n) is 15.0. The van der Waals surface area contributed by atoms with E-state index in [4.69, 9.17) is 4.42 Å². The van der Waals surface area contributed by atoms with Crippen LogP contribution in [-0.2, 0) is 4.79 Å². The van der Waals surface area contributed by atoms with E-state index in [0.717, 1.165) is 11.1 Å². The molecule has 0 aliphatic heterocycles. The first-order valence-corrected chi connectivity index (χ1v) is 9.33. The van der Waals surface area contributed by atoms with E-state index in [-0.39, 0.29) is 17.2 Å². The summed E-state index contributed by atoms with van der Waals surface area (Å²) in [5.41, 5.74) is 3.10. The Morgan fingerprint density at radius 2 is 1.73 bits per heavy atom. The van der Waals surface area contributed by atoms with Crippen molar-refractivity contribution in [1.29, 1.82) is 0 Å². The second-order valence-electron chi connectivity index (χ2n) is 6.14. The van der Waals surface area contributed by atoms with Crippen molar-refractivity contribution in [3.05, 3.63) is 65.7 Å². The van der Waals surface area contributed by atoms with Crippen LogP contribution in [0.15, 0.2) is 64.2 Å². The minimum atomic E-state index is -0.340. The van der Waals surface area contributed by atoms with Crippen molar-refractivity contribution in [2.24, 2.45) is 0 Å². The van der Waals surface area contributed by atoms with Crippen molar-refractivity contribution in [3.8, 4) is 11.5 Å². The van der Waals surface area contributed by atoms with E-state index in [1.807, 2.05) is 75.4 Å². The average Bonchev–Trinajstić information content (AvgIpc) is 3.11. The third-order valence-electron chi connectivity index (χ3n) is 4.01. The molecule has 3 aromatic rings. The molecule has 0 bridgehead atoms. The van der Waals surface area contributed by atoms with Crippen molar-refractivity contribution in [2.75, 3.05) is 0 Å². The Morgan fingerprint density at radius 3 is 2.42 bits per heavy atom. The highest BCUT2D eigenvalue weighted by atomic mass is 32.2. The molecule has 1 heterocycles. The lowest BCUT2D eigenvalue weighted by atomic mass is 10.1. The van der Waals surface area contributed by atoms with Gasteiger partial charge in [0, 0.05) is 5.56 Å². The maximum Gasteiger partial charge on any atom is 0.277 e. The Morgan fingerprint density at radius 1 is 1.04 bits per heavy atom. The summed E-state index contributed by atoms with van der Waals surface area (Å²) in [7, 11) is 0. The minimum Gasteiger partial charge on any atom is -0.411 e. The zero-order chi connectivity index (χ0) is 18.5. The van der Waals surface area contributed by atoms with Gasteiger partial charge in [-0.1, -0.05) is 59.8 Å². The summed E-state index contributed by atoms with van der Waals surface area (Å²) >= 11 is 1.26. The molecule has 1 amide bonds. The van der Waals surface area contributed by atoms with Gasteiger partial charge in [-0.15, -0.1) is 10.2 Å². The maximum absolute atomic E-state index is 12.4. The second-order valence-corrected chi connectivity index (χ2v) is 7.43. The van der Waals surface area contributed by atoms with Crippen LogP contribution in [0.4, 0.5) is 0 Å². The van der Waals surface area contributed by atoms with Crippen LogP contribution in [0, 0.1) is 6.92 Å². The molecule has 1 N–H and O–H groups in total. The highest BCUT2D eigenvalue weighted by Gasteiger charge is 2.20. The van der Waals surface area contributed by atoms with Crippen molar-refractivity contribution in [2.45, 2.75) is 37.3 Å². The SMILES string of the molecule is Cc1ccc(-c2nnc(SC(C)C(=O)NC(C)c3ccccc3)o2)cc1. The number of rotatable bonds is 6. The Hall–Kier alpha value is -2.60. The van der Waals surface area contributed by atoms with Gasteiger partial charge in [0.2, 0.25) is 11.8 Å². The topological polar surface area (TPSA) is 68.0 Å². The molecule has 0 aliphatic carbocycles. The first kappa shape index (κ1) is 18.2. The Kier molecular flexibility index (Phi) is 5.73. The third kappa shape index (κ3) is 4.52. The number of benzene rings is 2. The fourth-order valence-electron chi connectivity index (χ4n) is 2.43. The van der Waals surface area contributed by atoms with Gasteiger partial charge < -0.3 is 9.73 Å². The van der Waals surface area contributed by atoms with E-state index < -0.39 is 0 Å². The summed E-state index contributed by atoms with van der Waals surface area (Å²) in [4.78, 5) is 12.4. The lowest BCUT2D eigenvalue weighted by Crippen LogP contribution is -2.33. The molecule has 2 atom stereocenters. The number of nitrogens with one attached hydrogen (secondary N) is 1. The summed E-state index contributed by atoms with van der Waals surface area (Å²) in [6.07, 6.45) is 0. The maximum atomic E-state index is 12.4. The molecular formula is C20H21N3O2S. The number of aryl methyl sites for hydroxylation is 1. The average molecular weight is 367 g/mol. The molecule has 5 nitrogen and oxygen atoms in total. The quantitative estimate of drug-likeness (QED) is 0.654. The highest BCUT2D eigenvalue weighted by Crippen LogP contribution is 2.26. The second kappa shape index (κ2) is 8.19. The van der Waals surface area contributed by atoms with E-state index >= 15 is 0 Å². The fourth-order valence-corrected chi connectivity index (χ4v) is 3.12. The van der Waals surface area contributed by atoms with Crippen LogP contribution >= 0.6 is 11.8 Å².